The zero-order chi connectivity index (χ0) is 21.1. The van der Waals surface area contributed by atoms with Gasteiger partial charge < -0.3 is 19.6 Å². The first-order valence-corrected chi connectivity index (χ1v) is 10.8. The normalized spacial score (nSPS) is 11.5. The Morgan fingerprint density at radius 3 is 2.57 bits per heavy atom. The van der Waals surface area contributed by atoms with Crippen LogP contribution in [-0.4, -0.2) is 20.0 Å². The lowest BCUT2D eigenvalue weighted by molar-refractivity contribution is -0.697. The van der Waals surface area contributed by atoms with Crippen LogP contribution in [0.2, 0.25) is 0 Å². The van der Waals surface area contributed by atoms with Crippen LogP contribution in [0, 0.1) is 6.92 Å². The van der Waals surface area contributed by atoms with Gasteiger partial charge in [-0.1, -0.05) is 18.2 Å². The van der Waals surface area contributed by atoms with Crippen molar-refractivity contribution < 1.29 is 21.9 Å². The molecule has 0 radical (unpaired) electrons. The number of H-pyrrole nitrogens is 1. The molecule has 8 heteroatoms. The predicted octanol–water partition coefficient (Wildman–Crippen LogP) is 3.19. The maximum absolute atomic E-state index is 12.8. The molecule has 7 nitrogen and oxygen atoms in total. The Morgan fingerprint density at radius 2 is 1.77 bits per heavy atom. The Balaban J connectivity index is 1.49. The third-order valence-corrected chi connectivity index (χ3v) is 5.87. The van der Waals surface area contributed by atoms with Crippen molar-refractivity contribution in [3.8, 4) is 11.5 Å². The first kappa shape index (κ1) is 19.8. The van der Waals surface area contributed by atoms with Gasteiger partial charge in [0.15, 0.2) is 18.9 Å². The molecule has 0 saturated carbocycles. The zero-order valence-corrected chi connectivity index (χ0v) is 17.2. The van der Waals surface area contributed by atoms with E-state index in [4.69, 9.17) is 14.7 Å². The molecule has 0 amide bonds. The first-order chi connectivity index (χ1) is 14.4. The number of nitrogens with one attached hydrogen (secondary N) is 1. The summed E-state index contributed by atoms with van der Waals surface area (Å²) >= 11 is 0. The molecule has 2 aromatic heterocycles. The number of para-hydroxylation sites is 1. The number of aryl methyl sites for hydroxylation is 1. The van der Waals surface area contributed by atoms with E-state index >= 15 is 0 Å². The quantitative estimate of drug-likeness (QED) is 0.351. The summed E-state index contributed by atoms with van der Waals surface area (Å²) in [4.78, 5) is 3.05. The number of hydrogen-bond donors (Lipinski definition) is 2. The second kappa shape index (κ2) is 8.08. The van der Waals surface area contributed by atoms with Crippen molar-refractivity contribution in [2.75, 3.05) is 12.3 Å². The molecular formula is C22H22N3O4S+. The Morgan fingerprint density at radius 1 is 1.03 bits per heavy atom. The largest absolute Gasteiger partial charge is 0.487 e. The summed E-state index contributed by atoms with van der Waals surface area (Å²) in [7, 11) is -4.00. The molecular weight excluding hydrogens is 402 g/mol. The van der Waals surface area contributed by atoms with Crippen molar-refractivity contribution in [2.45, 2.75) is 18.4 Å². The Kier molecular flexibility index (Phi) is 5.33. The van der Waals surface area contributed by atoms with Gasteiger partial charge in [-0.15, -0.1) is 0 Å². The lowest BCUT2D eigenvalue weighted by atomic mass is 10.2. The minimum Gasteiger partial charge on any atom is -0.487 e. The van der Waals surface area contributed by atoms with Gasteiger partial charge in [-0.05, 0) is 30.7 Å². The van der Waals surface area contributed by atoms with E-state index in [1.54, 1.807) is 24.3 Å². The number of aromatic nitrogens is 2. The van der Waals surface area contributed by atoms with Crippen molar-refractivity contribution in [2.24, 2.45) is 0 Å². The van der Waals surface area contributed by atoms with Gasteiger partial charge in [0.05, 0.1) is 0 Å². The van der Waals surface area contributed by atoms with E-state index in [0.717, 1.165) is 11.1 Å². The van der Waals surface area contributed by atoms with Crippen LogP contribution in [0.1, 0.15) is 5.56 Å². The van der Waals surface area contributed by atoms with Crippen molar-refractivity contribution in [3.63, 3.8) is 0 Å². The highest BCUT2D eigenvalue weighted by Gasteiger charge is 2.21. The maximum atomic E-state index is 12.8. The molecule has 0 saturated heterocycles. The van der Waals surface area contributed by atoms with Crippen LogP contribution in [0.3, 0.4) is 0 Å². The third-order valence-electron chi connectivity index (χ3n) is 4.59. The van der Waals surface area contributed by atoms with Crippen molar-refractivity contribution in [3.05, 3.63) is 78.8 Å². The van der Waals surface area contributed by atoms with Crippen molar-refractivity contribution in [1.29, 1.82) is 0 Å². The molecule has 0 unspecified atom stereocenters. The Labute approximate surface area is 174 Å². The average molecular weight is 425 g/mol. The molecule has 0 aliphatic carbocycles. The summed E-state index contributed by atoms with van der Waals surface area (Å²) in [6.45, 7) is 2.89. The number of hydrogen-bond acceptors (Lipinski definition) is 5. The molecule has 30 heavy (non-hydrogen) atoms. The summed E-state index contributed by atoms with van der Waals surface area (Å²) in [5.74, 6) is 0.741. The van der Waals surface area contributed by atoms with Gasteiger partial charge >= 0.3 is 10.1 Å². The summed E-state index contributed by atoms with van der Waals surface area (Å²) in [5, 5.41) is 0.585. The topological polar surface area (TPSA) is 98.3 Å². The van der Waals surface area contributed by atoms with Gasteiger partial charge in [0.2, 0.25) is 0 Å². The fourth-order valence-corrected chi connectivity index (χ4v) is 4.25. The highest BCUT2D eigenvalue weighted by atomic mass is 32.2. The monoisotopic (exact) mass is 424 g/mol. The smallest absolute Gasteiger partial charge is 0.341 e. The summed E-state index contributed by atoms with van der Waals surface area (Å²) in [6, 6.07) is 15.9. The van der Waals surface area contributed by atoms with Crippen LogP contribution >= 0.6 is 0 Å². The highest BCUT2D eigenvalue weighted by Crippen LogP contribution is 2.28. The van der Waals surface area contributed by atoms with Gasteiger partial charge in [-0.25, -0.2) is 4.57 Å². The molecule has 4 rings (SSSR count). The molecule has 0 aliphatic rings. The van der Waals surface area contributed by atoms with Crippen LogP contribution in [0.25, 0.3) is 10.9 Å². The van der Waals surface area contributed by atoms with Crippen LogP contribution in [0.15, 0.2) is 78.1 Å². The van der Waals surface area contributed by atoms with E-state index in [9.17, 15) is 8.42 Å². The lowest BCUT2D eigenvalue weighted by Crippen LogP contribution is -2.35. The number of benzene rings is 2. The van der Waals surface area contributed by atoms with Gasteiger partial charge in [0, 0.05) is 41.0 Å². The van der Waals surface area contributed by atoms with Crippen molar-refractivity contribution >= 4 is 26.7 Å². The van der Waals surface area contributed by atoms with Gasteiger partial charge in [0.25, 0.3) is 0 Å². The molecule has 4 aromatic rings. The van der Waals surface area contributed by atoms with Gasteiger partial charge in [-0.3, -0.25) is 0 Å². The molecule has 2 aromatic carbocycles. The molecule has 154 valence electrons. The van der Waals surface area contributed by atoms with E-state index in [0.29, 0.717) is 30.0 Å². The van der Waals surface area contributed by atoms with Crippen LogP contribution in [-0.2, 0) is 16.7 Å². The second-order valence-electron chi connectivity index (χ2n) is 6.94. The lowest BCUT2D eigenvalue weighted by Gasteiger charge is -2.10. The van der Waals surface area contributed by atoms with Crippen molar-refractivity contribution in [1.82, 2.24) is 4.98 Å². The number of anilines is 1. The SMILES string of the molecule is Cc1cc(OCC[n+]2ccc(N)cc2)cc(OS(=O)(=O)c2c[nH]c3ccccc23)c1. The van der Waals surface area contributed by atoms with Crippen LogP contribution in [0.5, 0.6) is 11.5 Å². The number of ether oxygens (including phenoxy) is 1. The molecule has 2 heterocycles. The van der Waals surface area contributed by atoms with E-state index in [2.05, 4.69) is 4.98 Å². The fourth-order valence-electron chi connectivity index (χ4n) is 3.16. The second-order valence-corrected chi connectivity index (χ2v) is 8.45. The van der Waals surface area contributed by atoms with E-state index in [1.165, 1.54) is 6.20 Å². The van der Waals surface area contributed by atoms with Crippen LogP contribution < -0.4 is 19.2 Å². The first-order valence-electron chi connectivity index (χ1n) is 9.40. The summed E-state index contributed by atoms with van der Waals surface area (Å²) < 4.78 is 38.8. The predicted molar refractivity (Wildman–Crippen MR) is 114 cm³/mol. The zero-order valence-electron chi connectivity index (χ0n) is 16.4. The van der Waals surface area contributed by atoms with E-state index in [1.807, 2.05) is 54.2 Å². The number of nitrogen functional groups attached to an aromatic ring is 1. The van der Waals surface area contributed by atoms with E-state index in [-0.39, 0.29) is 10.6 Å². The molecule has 0 spiro atoms. The molecule has 3 N–H and O–H groups in total. The third kappa shape index (κ3) is 4.38. The van der Waals surface area contributed by atoms with Gasteiger partial charge in [0.1, 0.15) is 23.0 Å². The Hall–Kier alpha value is -3.52. The van der Waals surface area contributed by atoms with Gasteiger partial charge in [-0.2, -0.15) is 8.42 Å². The summed E-state index contributed by atoms with van der Waals surface area (Å²) in [6.07, 6.45) is 5.19. The number of nitrogens with zero attached hydrogens (tertiary/aromatic N) is 1. The highest BCUT2D eigenvalue weighted by molar-refractivity contribution is 7.87. The molecule has 0 bridgehead atoms. The fraction of sp³-hybridized carbons (Fsp3) is 0.136. The van der Waals surface area contributed by atoms with E-state index < -0.39 is 10.1 Å². The number of nitrogens with two attached hydrogens (primary N) is 1. The molecule has 0 atom stereocenters. The number of aromatic amines is 1. The number of rotatable bonds is 7. The molecule has 0 fully saturated rings. The Bertz CT molecular complexity index is 1280. The maximum Gasteiger partial charge on any atom is 0.341 e. The minimum atomic E-state index is -4.00. The summed E-state index contributed by atoms with van der Waals surface area (Å²) in [5.41, 5.74) is 7.94. The minimum absolute atomic E-state index is 0.0989. The number of fused-ring (bicyclic) bond motifs is 1. The number of pyridine rings is 1. The molecule has 0 aliphatic heterocycles. The average Bonchev–Trinajstić information content (AvgIpc) is 3.14. The van der Waals surface area contributed by atoms with Crippen LogP contribution in [0.4, 0.5) is 5.69 Å². The standard InChI is InChI=1S/C22H21N3O4S/c1-16-12-18(28-11-10-25-8-6-17(23)7-9-25)14-19(13-16)29-30(26,27)22-15-24-21-5-3-2-4-20(21)22/h2-9,12-15,23-24H,10-11H2,1H3/p+1.